The molecule has 2 aliphatic rings. The highest BCUT2D eigenvalue weighted by Crippen LogP contribution is 2.65. The van der Waals surface area contributed by atoms with E-state index in [1.54, 1.807) is 19.1 Å². The summed E-state index contributed by atoms with van der Waals surface area (Å²) in [6.45, 7) is 9.76. The van der Waals surface area contributed by atoms with Crippen LogP contribution in [-0.4, -0.2) is 50.6 Å². The molecule has 2 heterocycles. The molecule has 2 aromatic carbocycles. The molecule has 1 aliphatic heterocycles. The van der Waals surface area contributed by atoms with Crippen LogP contribution in [0.4, 0.5) is 8.78 Å². The zero-order valence-corrected chi connectivity index (χ0v) is 23.5. The van der Waals surface area contributed by atoms with Crippen LogP contribution in [0.3, 0.4) is 0 Å². The average molecular weight is 563 g/mol. The molecule has 1 aromatic heterocycles. The highest BCUT2D eigenvalue weighted by molar-refractivity contribution is 5.97. The predicted octanol–water partition coefficient (Wildman–Crippen LogP) is 4.78. The number of aromatic nitrogens is 2. The van der Waals surface area contributed by atoms with Gasteiger partial charge in [-0.15, -0.1) is 5.10 Å². The molecular weight excluding hydrogens is 530 g/mol. The van der Waals surface area contributed by atoms with Gasteiger partial charge in [0, 0.05) is 12.1 Å². The molecule has 2 unspecified atom stereocenters. The lowest BCUT2D eigenvalue weighted by Crippen LogP contribution is -2.51. The first kappa shape index (κ1) is 28.3. The van der Waals surface area contributed by atoms with Crippen molar-refractivity contribution in [2.75, 3.05) is 6.54 Å². The van der Waals surface area contributed by atoms with Gasteiger partial charge in [-0.2, -0.15) is 5.10 Å². The van der Waals surface area contributed by atoms with Gasteiger partial charge >= 0.3 is 5.97 Å². The summed E-state index contributed by atoms with van der Waals surface area (Å²) in [5.74, 6) is -4.90. The molecule has 41 heavy (non-hydrogen) atoms. The number of nitrogens with zero attached hydrogens (tertiary/aromatic N) is 3. The summed E-state index contributed by atoms with van der Waals surface area (Å²) in [7, 11) is 0. The first-order valence-electron chi connectivity index (χ1n) is 13.5. The van der Waals surface area contributed by atoms with E-state index < -0.39 is 47.9 Å². The minimum atomic E-state index is -1.38. The fourth-order valence-electron chi connectivity index (χ4n) is 6.40. The van der Waals surface area contributed by atoms with Crippen LogP contribution in [0.5, 0.6) is 0 Å². The summed E-state index contributed by atoms with van der Waals surface area (Å²) in [4.78, 5) is 40.5. The number of amides is 2. The number of likely N-dealkylation sites (tertiary alicyclic amines) is 1. The molecule has 2 N–H and O–H groups in total. The summed E-state index contributed by atoms with van der Waals surface area (Å²) in [5, 5.41) is 20.2. The van der Waals surface area contributed by atoms with E-state index in [-0.39, 0.29) is 28.5 Å². The number of piperidine rings is 1. The monoisotopic (exact) mass is 562 g/mol. The van der Waals surface area contributed by atoms with E-state index >= 15 is 4.39 Å². The van der Waals surface area contributed by atoms with Gasteiger partial charge in [-0.05, 0) is 84.5 Å². The van der Waals surface area contributed by atoms with Crippen molar-refractivity contribution in [2.45, 2.75) is 53.1 Å². The van der Waals surface area contributed by atoms with Crippen LogP contribution in [-0.2, 0) is 9.59 Å². The fraction of sp³-hybridized carbons (Fsp3) is 0.387. The first-order chi connectivity index (χ1) is 19.3. The predicted molar refractivity (Wildman–Crippen MR) is 147 cm³/mol. The standard InChI is InChI=1S/C31H32F2N4O4/c1-15-7-6-8-16(2)25(15)18-11-19(27(33)21(32)12-18)23(13-24(38)39)34-29(40)28-26-20(31(26,4)5)14-37(28)30(41)22-10-9-17(3)35-36-22/h6-12,20,23,26,28H,13-14H2,1-5H3,(H,34,40)(H,38,39)/t20?,23-,26?,28-/m0/s1. The van der Waals surface area contributed by atoms with Crippen molar-refractivity contribution in [3.05, 3.63) is 82.2 Å². The van der Waals surface area contributed by atoms with Crippen molar-refractivity contribution in [1.82, 2.24) is 20.4 Å². The summed E-state index contributed by atoms with van der Waals surface area (Å²) in [6.07, 6.45) is -0.681. The molecule has 1 saturated carbocycles. The number of carbonyl (C=O) groups excluding carboxylic acids is 2. The number of carbonyl (C=O) groups is 3. The third kappa shape index (κ3) is 5.07. The normalized spacial score (nSPS) is 21.2. The number of rotatable bonds is 7. The number of carboxylic acids is 1. The highest BCUT2D eigenvalue weighted by Gasteiger charge is 2.69. The maximum atomic E-state index is 15.3. The molecule has 3 aromatic rings. The molecule has 5 rings (SSSR count). The zero-order valence-electron chi connectivity index (χ0n) is 23.5. The third-order valence-corrected chi connectivity index (χ3v) is 8.65. The smallest absolute Gasteiger partial charge is 0.305 e. The quantitative estimate of drug-likeness (QED) is 0.429. The Balaban J connectivity index is 1.50. The third-order valence-electron chi connectivity index (χ3n) is 8.65. The van der Waals surface area contributed by atoms with Gasteiger partial charge < -0.3 is 15.3 Å². The molecular formula is C31H32F2N4O4. The van der Waals surface area contributed by atoms with Crippen LogP contribution in [0, 0.1) is 49.7 Å². The molecule has 0 spiro atoms. The summed E-state index contributed by atoms with van der Waals surface area (Å²) in [6, 6.07) is 8.89. The van der Waals surface area contributed by atoms with Gasteiger partial charge in [-0.1, -0.05) is 32.0 Å². The van der Waals surface area contributed by atoms with Crippen molar-refractivity contribution in [3.8, 4) is 11.1 Å². The molecule has 1 aliphatic carbocycles. The van der Waals surface area contributed by atoms with E-state index in [4.69, 9.17) is 0 Å². The van der Waals surface area contributed by atoms with E-state index in [1.807, 2.05) is 45.9 Å². The number of aryl methyl sites for hydroxylation is 3. The Morgan fingerprint density at radius 1 is 1.07 bits per heavy atom. The second-order valence-corrected chi connectivity index (χ2v) is 11.7. The fourth-order valence-corrected chi connectivity index (χ4v) is 6.40. The van der Waals surface area contributed by atoms with Gasteiger partial charge in [-0.3, -0.25) is 14.4 Å². The topological polar surface area (TPSA) is 112 Å². The van der Waals surface area contributed by atoms with E-state index in [1.165, 1.54) is 11.0 Å². The number of benzene rings is 2. The maximum absolute atomic E-state index is 15.3. The van der Waals surface area contributed by atoms with Crippen LogP contribution in [0.25, 0.3) is 11.1 Å². The molecule has 4 atom stereocenters. The second-order valence-electron chi connectivity index (χ2n) is 11.7. The van der Waals surface area contributed by atoms with E-state index in [0.717, 1.165) is 17.2 Å². The molecule has 10 heteroatoms. The summed E-state index contributed by atoms with van der Waals surface area (Å²) >= 11 is 0. The van der Waals surface area contributed by atoms with Gasteiger partial charge in [0.1, 0.15) is 6.04 Å². The lowest BCUT2D eigenvalue weighted by atomic mass is 9.92. The lowest BCUT2D eigenvalue weighted by molar-refractivity contribution is -0.138. The minimum absolute atomic E-state index is 0.0556. The molecule has 8 nitrogen and oxygen atoms in total. The Kier molecular flexibility index (Phi) is 7.13. The maximum Gasteiger partial charge on any atom is 0.305 e. The molecule has 1 saturated heterocycles. The lowest BCUT2D eigenvalue weighted by Gasteiger charge is -2.31. The molecule has 0 bridgehead atoms. The van der Waals surface area contributed by atoms with Crippen molar-refractivity contribution < 1.29 is 28.3 Å². The van der Waals surface area contributed by atoms with Crippen LogP contribution in [0.2, 0.25) is 0 Å². The molecule has 2 fully saturated rings. The number of hydrogen-bond acceptors (Lipinski definition) is 5. The summed E-state index contributed by atoms with van der Waals surface area (Å²) < 4.78 is 30.3. The Hall–Kier alpha value is -4.21. The molecule has 214 valence electrons. The molecule has 2 amide bonds. The summed E-state index contributed by atoms with van der Waals surface area (Å²) in [5.41, 5.74) is 2.97. The van der Waals surface area contributed by atoms with Gasteiger partial charge in [0.15, 0.2) is 17.3 Å². The first-order valence-corrected chi connectivity index (χ1v) is 13.5. The van der Waals surface area contributed by atoms with Crippen LogP contribution >= 0.6 is 0 Å². The Morgan fingerprint density at radius 3 is 2.37 bits per heavy atom. The van der Waals surface area contributed by atoms with Crippen molar-refractivity contribution in [2.24, 2.45) is 17.3 Å². The van der Waals surface area contributed by atoms with Crippen LogP contribution in [0.15, 0.2) is 42.5 Å². The number of hydrogen-bond donors (Lipinski definition) is 2. The van der Waals surface area contributed by atoms with Crippen molar-refractivity contribution in [3.63, 3.8) is 0 Å². The highest BCUT2D eigenvalue weighted by atomic mass is 19.2. The zero-order chi connectivity index (χ0) is 29.8. The Labute approximate surface area is 236 Å². The number of aliphatic carboxylic acids is 1. The number of carboxylic acid groups (broad SMARTS) is 1. The van der Waals surface area contributed by atoms with Crippen molar-refractivity contribution in [1.29, 1.82) is 0 Å². The number of halogens is 2. The Morgan fingerprint density at radius 2 is 1.76 bits per heavy atom. The van der Waals surface area contributed by atoms with E-state index in [0.29, 0.717) is 23.4 Å². The van der Waals surface area contributed by atoms with Crippen LogP contribution < -0.4 is 5.32 Å². The van der Waals surface area contributed by atoms with Crippen molar-refractivity contribution >= 4 is 17.8 Å². The van der Waals surface area contributed by atoms with Crippen LogP contribution in [0.1, 0.15) is 59.2 Å². The largest absolute Gasteiger partial charge is 0.481 e. The van der Waals surface area contributed by atoms with E-state index in [9.17, 15) is 23.9 Å². The van der Waals surface area contributed by atoms with Gasteiger partial charge in [0.05, 0.1) is 18.2 Å². The number of nitrogens with one attached hydrogen (secondary N) is 1. The number of fused-ring (bicyclic) bond motifs is 1. The minimum Gasteiger partial charge on any atom is -0.481 e. The average Bonchev–Trinajstić information content (AvgIpc) is 3.21. The molecule has 0 radical (unpaired) electrons. The SMILES string of the molecule is Cc1ccc(C(=O)N2CC3C([C@H]2C(=O)N[C@@H](CC(=O)O)c2cc(-c4c(C)cccc4C)cc(F)c2F)C3(C)C)nn1. The van der Waals surface area contributed by atoms with Gasteiger partial charge in [0.2, 0.25) is 5.91 Å². The van der Waals surface area contributed by atoms with E-state index in [2.05, 4.69) is 15.5 Å². The van der Waals surface area contributed by atoms with Gasteiger partial charge in [0.25, 0.3) is 5.91 Å². The Bertz CT molecular complexity index is 1540. The van der Waals surface area contributed by atoms with Gasteiger partial charge in [-0.25, -0.2) is 8.78 Å². The second kappa shape index (κ2) is 10.3.